The lowest BCUT2D eigenvalue weighted by Gasteiger charge is -2.07. The van der Waals surface area contributed by atoms with Gasteiger partial charge in [-0.1, -0.05) is 29.8 Å². The summed E-state index contributed by atoms with van der Waals surface area (Å²) in [6.07, 6.45) is 5.98. The Morgan fingerprint density at radius 2 is 2.08 bits per heavy atom. The van der Waals surface area contributed by atoms with Crippen molar-refractivity contribution in [1.29, 1.82) is 0 Å². The summed E-state index contributed by atoms with van der Waals surface area (Å²) in [5.74, 6) is 0.887. The van der Waals surface area contributed by atoms with Gasteiger partial charge in [0.05, 0.1) is 11.9 Å². The van der Waals surface area contributed by atoms with Crippen LogP contribution in [0.15, 0.2) is 61.1 Å². The van der Waals surface area contributed by atoms with E-state index in [0.717, 1.165) is 17.0 Å². The lowest BCUT2D eigenvalue weighted by Crippen LogP contribution is -2.15. The van der Waals surface area contributed by atoms with E-state index < -0.39 is 0 Å². The summed E-state index contributed by atoms with van der Waals surface area (Å²) >= 11 is 6.21. The molecule has 4 rings (SSSR count). The molecule has 2 aromatic heterocycles. The van der Waals surface area contributed by atoms with Crippen LogP contribution in [0.4, 0.5) is 5.69 Å². The molecule has 1 aromatic carbocycles. The first-order valence-electron chi connectivity index (χ1n) is 7.74. The molecule has 6 heteroatoms. The van der Waals surface area contributed by atoms with E-state index in [-0.39, 0.29) is 17.7 Å². The number of amides is 1. The van der Waals surface area contributed by atoms with Gasteiger partial charge in [0.2, 0.25) is 5.91 Å². The van der Waals surface area contributed by atoms with Gasteiger partial charge >= 0.3 is 0 Å². The minimum absolute atomic E-state index is 0.00792. The molecule has 2 heterocycles. The SMILES string of the molecule is O=C(Nc1ccc(-n2cccn2)nc1)C1CC1c1ccccc1Cl. The van der Waals surface area contributed by atoms with Gasteiger partial charge < -0.3 is 5.32 Å². The maximum absolute atomic E-state index is 12.4. The van der Waals surface area contributed by atoms with Crippen LogP contribution in [0, 0.1) is 5.92 Å². The molecule has 5 nitrogen and oxygen atoms in total. The number of pyridine rings is 1. The van der Waals surface area contributed by atoms with Crippen LogP contribution in [0.2, 0.25) is 5.02 Å². The van der Waals surface area contributed by atoms with Crippen LogP contribution in [-0.4, -0.2) is 20.7 Å². The minimum Gasteiger partial charge on any atom is -0.324 e. The topological polar surface area (TPSA) is 59.8 Å². The van der Waals surface area contributed by atoms with Gasteiger partial charge in [0.15, 0.2) is 5.82 Å². The molecule has 120 valence electrons. The number of benzene rings is 1. The van der Waals surface area contributed by atoms with Crippen molar-refractivity contribution in [3.05, 3.63) is 71.6 Å². The van der Waals surface area contributed by atoms with Crippen LogP contribution >= 0.6 is 11.6 Å². The summed E-state index contributed by atoms with van der Waals surface area (Å²) < 4.78 is 1.67. The van der Waals surface area contributed by atoms with Gasteiger partial charge in [-0.25, -0.2) is 9.67 Å². The molecule has 1 fully saturated rings. The summed E-state index contributed by atoms with van der Waals surface area (Å²) in [5, 5.41) is 7.77. The van der Waals surface area contributed by atoms with Gasteiger partial charge in [-0.15, -0.1) is 0 Å². The minimum atomic E-state index is -0.0318. The Bertz CT molecular complexity index is 861. The number of nitrogens with one attached hydrogen (secondary N) is 1. The van der Waals surface area contributed by atoms with E-state index in [1.54, 1.807) is 17.1 Å². The van der Waals surface area contributed by atoms with Gasteiger partial charge in [0, 0.05) is 23.3 Å². The molecule has 0 saturated heterocycles. The number of carbonyl (C=O) groups is 1. The van der Waals surface area contributed by atoms with Gasteiger partial charge in [-0.05, 0) is 42.2 Å². The summed E-state index contributed by atoms with van der Waals surface area (Å²) in [6.45, 7) is 0. The lowest BCUT2D eigenvalue weighted by atomic mass is 10.1. The Morgan fingerprint density at radius 3 is 2.79 bits per heavy atom. The molecular formula is C18H15ClN4O. The molecule has 1 N–H and O–H groups in total. The third-order valence-electron chi connectivity index (χ3n) is 4.19. The molecule has 1 saturated carbocycles. The number of rotatable bonds is 4. The van der Waals surface area contributed by atoms with E-state index >= 15 is 0 Å². The molecule has 0 spiro atoms. The second kappa shape index (κ2) is 6.09. The number of carbonyl (C=O) groups excluding carboxylic acids is 1. The highest BCUT2D eigenvalue weighted by Crippen LogP contribution is 2.49. The predicted molar refractivity (Wildman–Crippen MR) is 92.3 cm³/mol. The highest BCUT2D eigenvalue weighted by Gasteiger charge is 2.44. The Morgan fingerprint density at radius 1 is 1.21 bits per heavy atom. The number of nitrogens with zero attached hydrogens (tertiary/aromatic N) is 3. The standard InChI is InChI=1S/C18H15ClN4O/c19-16-5-2-1-4-13(16)14-10-15(14)18(24)22-12-6-7-17(20-11-12)23-9-3-8-21-23/h1-9,11,14-15H,10H2,(H,22,24). The van der Waals surface area contributed by atoms with E-state index in [0.29, 0.717) is 11.5 Å². The van der Waals surface area contributed by atoms with Crippen LogP contribution in [0.25, 0.3) is 5.82 Å². The van der Waals surface area contributed by atoms with E-state index in [9.17, 15) is 4.79 Å². The second-order valence-corrected chi connectivity index (χ2v) is 6.22. The highest BCUT2D eigenvalue weighted by molar-refractivity contribution is 6.31. The smallest absolute Gasteiger partial charge is 0.228 e. The molecule has 1 amide bonds. The Kier molecular flexibility index (Phi) is 3.78. The largest absolute Gasteiger partial charge is 0.324 e. The molecule has 1 aliphatic rings. The van der Waals surface area contributed by atoms with Crippen LogP contribution in [0.5, 0.6) is 0 Å². The van der Waals surface area contributed by atoms with Crippen molar-refractivity contribution in [1.82, 2.24) is 14.8 Å². The summed E-state index contributed by atoms with van der Waals surface area (Å²) in [4.78, 5) is 16.7. The lowest BCUT2D eigenvalue weighted by molar-refractivity contribution is -0.117. The molecule has 1 aliphatic carbocycles. The van der Waals surface area contributed by atoms with Gasteiger partial charge in [-0.3, -0.25) is 4.79 Å². The monoisotopic (exact) mass is 338 g/mol. The van der Waals surface area contributed by atoms with Gasteiger partial charge in [0.25, 0.3) is 0 Å². The molecule has 2 atom stereocenters. The van der Waals surface area contributed by atoms with Crippen LogP contribution in [0.1, 0.15) is 17.9 Å². The van der Waals surface area contributed by atoms with E-state index in [4.69, 9.17) is 11.6 Å². The summed E-state index contributed by atoms with van der Waals surface area (Å²) in [6, 6.07) is 13.2. The van der Waals surface area contributed by atoms with Crippen molar-refractivity contribution in [2.45, 2.75) is 12.3 Å². The zero-order chi connectivity index (χ0) is 16.5. The first-order chi connectivity index (χ1) is 11.7. The van der Waals surface area contributed by atoms with Crippen LogP contribution in [-0.2, 0) is 4.79 Å². The number of hydrogen-bond acceptors (Lipinski definition) is 3. The van der Waals surface area contributed by atoms with Gasteiger partial charge in [-0.2, -0.15) is 5.10 Å². The fraction of sp³-hybridized carbons (Fsp3) is 0.167. The van der Waals surface area contributed by atoms with Crippen molar-refractivity contribution >= 4 is 23.2 Å². The molecule has 3 aromatic rings. The average Bonchev–Trinajstić information content (AvgIpc) is 3.20. The van der Waals surface area contributed by atoms with E-state index in [2.05, 4.69) is 15.4 Å². The number of aromatic nitrogens is 3. The number of halogens is 1. The molecule has 2 unspecified atom stereocenters. The first-order valence-corrected chi connectivity index (χ1v) is 8.11. The first kappa shape index (κ1) is 14.9. The Labute approximate surface area is 144 Å². The number of hydrogen-bond donors (Lipinski definition) is 1. The third kappa shape index (κ3) is 2.90. The zero-order valence-corrected chi connectivity index (χ0v) is 13.5. The Hall–Kier alpha value is -2.66. The second-order valence-electron chi connectivity index (χ2n) is 5.82. The normalized spacial score (nSPS) is 19.0. The summed E-state index contributed by atoms with van der Waals surface area (Å²) in [7, 11) is 0. The molecule has 24 heavy (non-hydrogen) atoms. The third-order valence-corrected chi connectivity index (χ3v) is 4.53. The molecule has 0 bridgehead atoms. The predicted octanol–water partition coefficient (Wildman–Crippen LogP) is 3.66. The molecular weight excluding hydrogens is 324 g/mol. The quantitative estimate of drug-likeness (QED) is 0.789. The summed E-state index contributed by atoms with van der Waals surface area (Å²) in [5.41, 5.74) is 1.73. The Balaban J connectivity index is 1.41. The highest BCUT2D eigenvalue weighted by atomic mass is 35.5. The van der Waals surface area contributed by atoms with Crippen molar-refractivity contribution < 1.29 is 4.79 Å². The fourth-order valence-corrected chi connectivity index (χ4v) is 3.11. The maximum atomic E-state index is 12.4. The molecule has 0 aliphatic heterocycles. The van der Waals surface area contributed by atoms with Crippen molar-refractivity contribution in [3.8, 4) is 5.82 Å². The van der Waals surface area contributed by atoms with Crippen molar-refractivity contribution in [2.24, 2.45) is 5.92 Å². The molecule has 0 radical (unpaired) electrons. The van der Waals surface area contributed by atoms with Crippen molar-refractivity contribution in [2.75, 3.05) is 5.32 Å². The fourth-order valence-electron chi connectivity index (χ4n) is 2.84. The average molecular weight is 339 g/mol. The van der Waals surface area contributed by atoms with E-state index in [1.165, 1.54) is 0 Å². The maximum Gasteiger partial charge on any atom is 0.228 e. The van der Waals surface area contributed by atoms with Crippen LogP contribution in [0.3, 0.4) is 0 Å². The van der Waals surface area contributed by atoms with Gasteiger partial charge in [0.1, 0.15) is 0 Å². The van der Waals surface area contributed by atoms with Crippen molar-refractivity contribution in [3.63, 3.8) is 0 Å². The zero-order valence-electron chi connectivity index (χ0n) is 12.8. The van der Waals surface area contributed by atoms with Crippen LogP contribution < -0.4 is 5.32 Å². The van der Waals surface area contributed by atoms with E-state index in [1.807, 2.05) is 48.7 Å². The number of anilines is 1.